The van der Waals surface area contributed by atoms with Gasteiger partial charge in [0.1, 0.15) is 0 Å². The number of nitrogens with one attached hydrogen (secondary N) is 1. The van der Waals surface area contributed by atoms with Crippen molar-refractivity contribution in [3.8, 4) is 0 Å². The standard InChI is InChI=1S/C13H24N2O/c1-3-13(4-2)5-6-15(10-13)12(16)7-11-8-14-9-11/h11,14H,3-10H2,1-2H3. The maximum absolute atomic E-state index is 12.1. The Morgan fingerprint density at radius 3 is 2.50 bits per heavy atom. The summed E-state index contributed by atoms with van der Waals surface area (Å²) in [5, 5.41) is 3.23. The van der Waals surface area contributed by atoms with Crippen LogP contribution in [0.1, 0.15) is 39.5 Å². The molecule has 0 bridgehead atoms. The zero-order valence-corrected chi connectivity index (χ0v) is 10.6. The molecule has 0 spiro atoms. The molecule has 1 N–H and O–H groups in total. The fourth-order valence-electron chi connectivity index (χ4n) is 2.84. The van der Waals surface area contributed by atoms with E-state index < -0.39 is 0 Å². The molecule has 0 atom stereocenters. The van der Waals surface area contributed by atoms with Gasteiger partial charge in [0.15, 0.2) is 0 Å². The van der Waals surface area contributed by atoms with Crippen LogP contribution in [-0.4, -0.2) is 37.0 Å². The van der Waals surface area contributed by atoms with Crippen molar-refractivity contribution in [2.75, 3.05) is 26.2 Å². The number of amides is 1. The largest absolute Gasteiger partial charge is 0.342 e. The van der Waals surface area contributed by atoms with Gasteiger partial charge in [-0.25, -0.2) is 0 Å². The summed E-state index contributed by atoms with van der Waals surface area (Å²) in [5.41, 5.74) is 0.424. The van der Waals surface area contributed by atoms with E-state index in [1.165, 1.54) is 19.3 Å². The van der Waals surface area contributed by atoms with E-state index in [2.05, 4.69) is 24.1 Å². The number of carbonyl (C=O) groups excluding carboxylic acids is 1. The molecule has 0 radical (unpaired) electrons. The molecule has 0 saturated carbocycles. The lowest BCUT2D eigenvalue weighted by atomic mass is 9.82. The van der Waals surface area contributed by atoms with E-state index >= 15 is 0 Å². The van der Waals surface area contributed by atoms with Gasteiger partial charge in [-0.1, -0.05) is 13.8 Å². The highest BCUT2D eigenvalue weighted by molar-refractivity contribution is 5.77. The quantitative estimate of drug-likeness (QED) is 0.787. The fourth-order valence-corrected chi connectivity index (χ4v) is 2.84. The van der Waals surface area contributed by atoms with Gasteiger partial charge in [-0.05, 0) is 43.7 Å². The minimum atomic E-state index is 0.385. The molecule has 92 valence electrons. The van der Waals surface area contributed by atoms with E-state index in [-0.39, 0.29) is 0 Å². The zero-order valence-electron chi connectivity index (χ0n) is 10.6. The molecular formula is C13H24N2O. The Morgan fingerprint density at radius 2 is 2.06 bits per heavy atom. The molecular weight excluding hydrogens is 200 g/mol. The molecule has 2 aliphatic rings. The highest BCUT2D eigenvalue weighted by atomic mass is 16.2. The predicted molar refractivity (Wildman–Crippen MR) is 65.2 cm³/mol. The molecule has 1 amide bonds. The van der Waals surface area contributed by atoms with E-state index in [0.29, 0.717) is 17.2 Å². The van der Waals surface area contributed by atoms with Crippen LogP contribution in [0.3, 0.4) is 0 Å². The Hall–Kier alpha value is -0.570. The second-order valence-electron chi connectivity index (χ2n) is 5.50. The second kappa shape index (κ2) is 4.74. The Morgan fingerprint density at radius 1 is 1.38 bits per heavy atom. The summed E-state index contributed by atoms with van der Waals surface area (Å²) in [4.78, 5) is 14.2. The molecule has 2 saturated heterocycles. The first-order chi connectivity index (χ1) is 7.69. The number of likely N-dealkylation sites (tertiary alicyclic amines) is 1. The molecule has 3 nitrogen and oxygen atoms in total. The summed E-state index contributed by atoms with van der Waals surface area (Å²) >= 11 is 0. The lowest BCUT2D eigenvalue weighted by molar-refractivity contribution is -0.132. The molecule has 2 aliphatic heterocycles. The van der Waals surface area contributed by atoms with Crippen molar-refractivity contribution >= 4 is 5.91 Å². The smallest absolute Gasteiger partial charge is 0.222 e. The van der Waals surface area contributed by atoms with Crippen molar-refractivity contribution < 1.29 is 4.79 Å². The second-order valence-corrected chi connectivity index (χ2v) is 5.50. The van der Waals surface area contributed by atoms with Gasteiger partial charge < -0.3 is 10.2 Å². The lowest BCUT2D eigenvalue weighted by Crippen LogP contribution is -2.45. The highest BCUT2D eigenvalue weighted by Gasteiger charge is 2.37. The topological polar surface area (TPSA) is 32.3 Å². The van der Waals surface area contributed by atoms with Gasteiger partial charge in [0, 0.05) is 19.5 Å². The molecule has 0 aromatic heterocycles. The first-order valence-corrected chi connectivity index (χ1v) is 6.67. The third-order valence-corrected chi connectivity index (χ3v) is 4.62. The van der Waals surface area contributed by atoms with Crippen LogP contribution < -0.4 is 5.32 Å². The molecule has 2 rings (SSSR count). The summed E-state index contributed by atoms with van der Waals surface area (Å²) in [6, 6.07) is 0. The average molecular weight is 224 g/mol. The monoisotopic (exact) mass is 224 g/mol. The minimum Gasteiger partial charge on any atom is -0.342 e. The zero-order chi connectivity index (χ0) is 11.6. The van der Waals surface area contributed by atoms with Gasteiger partial charge in [-0.2, -0.15) is 0 Å². The molecule has 0 aliphatic carbocycles. The van der Waals surface area contributed by atoms with Crippen LogP contribution in [0.2, 0.25) is 0 Å². The van der Waals surface area contributed by atoms with Crippen LogP contribution in [0, 0.1) is 11.3 Å². The van der Waals surface area contributed by atoms with Crippen molar-refractivity contribution in [1.82, 2.24) is 10.2 Å². The van der Waals surface area contributed by atoms with E-state index in [4.69, 9.17) is 0 Å². The number of nitrogens with zero attached hydrogens (tertiary/aromatic N) is 1. The van der Waals surface area contributed by atoms with Crippen LogP contribution >= 0.6 is 0 Å². The van der Waals surface area contributed by atoms with Gasteiger partial charge in [0.2, 0.25) is 5.91 Å². The predicted octanol–water partition coefficient (Wildman–Crippen LogP) is 1.63. The summed E-state index contributed by atoms with van der Waals surface area (Å²) in [7, 11) is 0. The number of rotatable bonds is 4. The van der Waals surface area contributed by atoms with Gasteiger partial charge in [-0.15, -0.1) is 0 Å². The van der Waals surface area contributed by atoms with Crippen molar-refractivity contribution in [3.63, 3.8) is 0 Å². The maximum atomic E-state index is 12.1. The first kappa shape index (κ1) is 11.9. The van der Waals surface area contributed by atoms with E-state index in [1.54, 1.807) is 0 Å². The third-order valence-electron chi connectivity index (χ3n) is 4.62. The van der Waals surface area contributed by atoms with Gasteiger partial charge in [0.25, 0.3) is 0 Å². The van der Waals surface area contributed by atoms with E-state index in [1.807, 2.05) is 0 Å². The minimum absolute atomic E-state index is 0.385. The van der Waals surface area contributed by atoms with E-state index in [0.717, 1.165) is 32.6 Å². The summed E-state index contributed by atoms with van der Waals surface area (Å²) < 4.78 is 0. The molecule has 2 fully saturated rings. The molecule has 0 unspecified atom stereocenters. The Kier molecular flexibility index (Phi) is 3.53. The highest BCUT2D eigenvalue weighted by Crippen LogP contribution is 2.37. The maximum Gasteiger partial charge on any atom is 0.222 e. The Labute approximate surface area is 98.6 Å². The number of hydrogen-bond donors (Lipinski definition) is 1. The Bertz CT molecular complexity index is 257. The molecule has 2 heterocycles. The number of carbonyl (C=O) groups is 1. The molecule has 3 heteroatoms. The summed E-state index contributed by atoms with van der Waals surface area (Å²) in [5.74, 6) is 0.987. The normalized spacial score (nSPS) is 24.5. The number of hydrogen-bond acceptors (Lipinski definition) is 2. The van der Waals surface area contributed by atoms with Gasteiger partial charge in [0.05, 0.1) is 0 Å². The SMILES string of the molecule is CCC1(CC)CCN(C(=O)CC2CNC2)C1. The van der Waals surface area contributed by atoms with Crippen molar-refractivity contribution in [1.29, 1.82) is 0 Å². The van der Waals surface area contributed by atoms with Crippen LogP contribution in [0.25, 0.3) is 0 Å². The van der Waals surface area contributed by atoms with Crippen molar-refractivity contribution in [2.45, 2.75) is 39.5 Å². The van der Waals surface area contributed by atoms with Crippen LogP contribution in [0.15, 0.2) is 0 Å². The average Bonchev–Trinajstić information content (AvgIpc) is 2.68. The van der Waals surface area contributed by atoms with Crippen LogP contribution in [-0.2, 0) is 4.79 Å². The summed E-state index contributed by atoms with van der Waals surface area (Å²) in [6.07, 6.45) is 4.38. The lowest BCUT2D eigenvalue weighted by Gasteiger charge is -2.30. The van der Waals surface area contributed by atoms with Crippen molar-refractivity contribution in [3.05, 3.63) is 0 Å². The van der Waals surface area contributed by atoms with Crippen molar-refractivity contribution in [2.24, 2.45) is 11.3 Å². The summed E-state index contributed by atoms with van der Waals surface area (Å²) in [6.45, 7) is 8.57. The van der Waals surface area contributed by atoms with Gasteiger partial charge in [-0.3, -0.25) is 4.79 Å². The molecule has 16 heavy (non-hydrogen) atoms. The van der Waals surface area contributed by atoms with Gasteiger partial charge >= 0.3 is 0 Å². The first-order valence-electron chi connectivity index (χ1n) is 6.67. The fraction of sp³-hybridized carbons (Fsp3) is 0.923. The van der Waals surface area contributed by atoms with E-state index in [9.17, 15) is 4.79 Å². The molecule has 0 aromatic carbocycles. The molecule has 0 aromatic rings. The Balaban J connectivity index is 1.84. The van der Waals surface area contributed by atoms with Crippen LogP contribution in [0.4, 0.5) is 0 Å². The van der Waals surface area contributed by atoms with Crippen LogP contribution in [0.5, 0.6) is 0 Å². The third kappa shape index (κ3) is 2.24.